The number of hydrogen-bond donors (Lipinski definition) is 1. The van der Waals surface area contributed by atoms with Crippen LogP contribution in [-0.2, 0) is 6.61 Å². The second-order valence-corrected chi connectivity index (χ2v) is 5.71. The Kier molecular flexibility index (Phi) is 6.82. The molecule has 0 aromatic heterocycles. The van der Waals surface area contributed by atoms with E-state index >= 15 is 0 Å². The van der Waals surface area contributed by atoms with Gasteiger partial charge in [0.25, 0.3) is 0 Å². The highest BCUT2D eigenvalue weighted by molar-refractivity contribution is 5.66. The Labute approximate surface area is 144 Å². The highest BCUT2D eigenvalue weighted by Gasteiger charge is 2.21. The van der Waals surface area contributed by atoms with Crippen LogP contribution in [0.15, 0.2) is 24.3 Å². The fourth-order valence-corrected chi connectivity index (χ4v) is 2.48. The standard InChI is InChI=1S/C19H20F4O2/c1-2-3-4-5-10-25-15-9-8-14(18(22)19(15)23)13-7-6-12(11-24)16(20)17(13)21/h6-9,24H,2-5,10-11H2,1H3. The van der Waals surface area contributed by atoms with Gasteiger partial charge in [0.2, 0.25) is 5.82 Å². The average Bonchev–Trinajstić information content (AvgIpc) is 2.61. The number of aliphatic hydroxyl groups excluding tert-OH is 1. The highest BCUT2D eigenvalue weighted by atomic mass is 19.2. The van der Waals surface area contributed by atoms with Gasteiger partial charge in [-0.1, -0.05) is 38.3 Å². The van der Waals surface area contributed by atoms with Crippen molar-refractivity contribution in [1.82, 2.24) is 0 Å². The van der Waals surface area contributed by atoms with Gasteiger partial charge in [0, 0.05) is 16.7 Å². The van der Waals surface area contributed by atoms with E-state index in [1.54, 1.807) is 0 Å². The summed E-state index contributed by atoms with van der Waals surface area (Å²) in [6.07, 6.45) is 3.74. The summed E-state index contributed by atoms with van der Waals surface area (Å²) in [4.78, 5) is 0. The first-order valence-corrected chi connectivity index (χ1v) is 8.20. The molecular weight excluding hydrogens is 336 g/mol. The molecule has 25 heavy (non-hydrogen) atoms. The van der Waals surface area contributed by atoms with Gasteiger partial charge in [-0.2, -0.15) is 4.39 Å². The first-order valence-electron chi connectivity index (χ1n) is 8.20. The molecule has 0 heterocycles. The van der Waals surface area contributed by atoms with Crippen molar-refractivity contribution in [2.24, 2.45) is 0 Å². The van der Waals surface area contributed by atoms with Gasteiger partial charge < -0.3 is 9.84 Å². The predicted octanol–water partition coefficient (Wildman–Crippen LogP) is 5.36. The fraction of sp³-hybridized carbons (Fsp3) is 0.368. The van der Waals surface area contributed by atoms with Crippen LogP contribution in [0.1, 0.15) is 38.2 Å². The SMILES string of the molecule is CCCCCCOc1ccc(-c2ccc(CO)c(F)c2F)c(F)c1F. The number of unbranched alkanes of at least 4 members (excludes halogenated alkanes) is 3. The van der Waals surface area contributed by atoms with E-state index in [1.807, 2.05) is 0 Å². The smallest absolute Gasteiger partial charge is 0.201 e. The molecule has 0 aliphatic rings. The van der Waals surface area contributed by atoms with E-state index in [4.69, 9.17) is 9.84 Å². The van der Waals surface area contributed by atoms with E-state index in [2.05, 4.69) is 6.92 Å². The largest absolute Gasteiger partial charge is 0.490 e. The normalized spacial score (nSPS) is 11.0. The zero-order valence-corrected chi connectivity index (χ0v) is 13.9. The zero-order chi connectivity index (χ0) is 18.4. The van der Waals surface area contributed by atoms with Crippen LogP contribution >= 0.6 is 0 Å². The van der Waals surface area contributed by atoms with Gasteiger partial charge in [-0.25, -0.2) is 13.2 Å². The maximum absolute atomic E-state index is 14.3. The van der Waals surface area contributed by atoms with Gasteiger partial charge >= 0.3 is 0 Å². The van der Waals surface area contributed by atoms with Crippen LogP contribution in [0.3, 0.4) is 0 Å². The molecule has 1 N–H and O–H groups in total. The van der Waals surface area contributed by atoms with Gasteiger partial charge in [-0.15, -0.1) is 0 Å². The lowest BCUT2D eigenvalue weighted by Crippen LogP contribution is -2.03. The molecule has 0 unspecified atom stereocenters. The van der Waals surface area contributed by atoms with Gasteiger partial charge in [-0.05, 0) is 18.6 Å². The summed E-state index contributed by atoms with van der Waals surface area (Å²) in [7, 11) is 0. The first kappa shape index (κ1) is 19.2. The minimum atomic E-state index is -1.34. The minimum Gasteiger partial charge on any atom is -0.490 e. The molecule has 0 saturated carbocycles. The summed E-state index contributed by atoms with van der Waals surface area (Å²) in [5.41, 5.74) is -1.08. The zero-order valence-electron chi connectivity index (χ0n) is 13.9. The molecule has 0 amide bonds. The molecule has 0 aliphatic carbocycles. The maximum atomic E-state index is 14.3. The summed E-state index contributed by atoms with van der Waals surface area (Å²) in [5.74, 6) is -5.42. The van der Waals surface area contributed by atoms with Gasteiger partial charge in [-0.3, -0.25) is 0 Å². The molecule has 0 saturated heterocycles. The van der Waals surface area contributed by atoms with Gasteiger partial charge in [0.1, 0.15) is 0 Å². The average molecular weight is 356 g/mol. The molecule has 0 radical (unpaired) electrons. The van der Waals surface area contributed by atoms with Crippen LogP contribution in [0.4, 0.5) is 17.6 Å². The van der Waals surface area contributed by atoms with Crippen molar-refractivity contribution in [2.75, 3.05) is 6.61 Å². The van der Waals surface area contributed by atoms with Crippen LogP contribution in [0.5, 0.6) is 5.75 Å². The van der Waals surface area contributed by atoms with Crippen LogP contribution in [0, 0.1) is 23.3 Å². The summed E-state index contributed by atoms with van der Waals surface area (Å²) in [6.45, 7) is 1.62. The van der Waals surface area contributed by atoms with Gasteiger partial charge in [0.15, 0.2) is 23.2 Å². The van der Waals surface area contributed by atoms with Crippen LogP contribution in [-0.4, -0.2) is 11.7 Å². The van der Waals surface area contributed by atoms with Crippen LogP contribution < -0.4 is 4.74 Å². The Morgan fingerprint density at radius 2 is 1.44 bits per heavy atom. The molecule has 2 aromatic carbocycles. The number of hydrogen-bond acceptors (Lipinski definition) is 2. The summed E-state index contributed by atoms with van der Waals surface area (Å²) in [5, 5.41) is 8.92. The molecule has 2 rings (SSSR count). The number of halogens is 4. The van der Waals surface area contributed by atoms with E-state index in [0.717, 1.165) is 43.9 Å². The van der Waals surface area contributed by atoms with E-state index in [0.29, 0.717) is 0 Å². The monoisotopic (exact) mass is 356 g/mol. The molecule has 0 spiro atoms. The Balaban J connectivity index is 2.24. The van der Waals surface area contributed by atoms with E-state index in [-0.39, 0.29) is 17.9 Å². The van der Waals surface area contributed by atoms with Gasteiger partial charge in [0.05, 0.1) is 13.2 Å². The minimum absolute atomic E-state index is 0.254. The van der Waals surface area contributed by atoms with E-state index in [1.165, 1.54) is 6.07 Å². The Morgan fingerprint density at radius 3 is 2.08 bits per heavy atom. The lowest BCUT2D eigenvalue weighted by molar-refractivity contribution is 0.273. The first-order chi connectivity index (χ1) is 12.0. The van der Waals surface area contributed by atoms with Crippen molar-refractivity contribution in [2.45, 2.75) is 39.2 Å². The molecule has 0 aliphatic heterocycles. The van der Waals surface area contributed by atoms with Crippen molar-refractivity contribution in [3.63, 3.8) is 0 Å². The molecule has 0 atom stereocenters. The highest BCUT2D eigenvalue weighted by Crippen LogP contribution is 2.33. The lowest BCUT2D eigenvalue weighted by Gasteiger charge is -2.12. The third-order valence-electron chi connectivity index (χ3n) is 3.93. The Hall–Kier alpha value is -2.08. The summed E-state index contributed by atoms with van der Waals surface area (Å²) < 4.78 is 61.5. The van der Waals surface area contributed by atoms with Crippen molar-refractivity contribution in [3.05, 3.63) is 53.1 Å². The third kappa shape index (κ3) is 4.31. The molecule has 136 valence electrons. The van der Waals surface area contributed by atoms with Crippen molar-refractivity contribution in [1.29, 1.82) is 0 Å². The summed E-state index contributed by atoms with van der Waals surface area (Å²) in [6, 6.07) is 4.58. The quantitative estimate of drug-likeness (QED) is 0.510. The molecule has 6 heteroatoms. The van der Waals surface area contributed by atoms with Crippen molar-refractivity contribution >= 4 is 0 Å². The fourth-order valence-electron chi connectivity index (χ4n) is 2.48. The number of ether oxygens (including phenoxy) is 1. The lowest BCUT2D eigenvalue weighted by atomic mass is 10.0. The number of aliphatic hydroxyl groups is 1. The molecule has 2 aromatic rings. The molecule has 2 nitrogen and oxygen atoms in total. The Bertz CT molecular complexity index is 732. The van der Waals surface area contributed by atoms with E-state index in [9.17, 15) is 17.6 Å². The number of rotatable bonds is 8. The summed E-state index contributed by atoms with van der Waals surface area (Å²) >= 11 is 0. The molecule has 0 bridgehead atoms. The second kappa shape index (κ2) is 8.85. The Morgan fingerprint density at radius 1 is 0.800 bits per heavy atom. The van der Waals surface area contributed by atoms with Crippen LogP contribution in [0.25, 0.3) is 11.1 Å². The van der Waals surface area contributed by atoms with Crippen molar-refractivity contribution < 1.29 is 27.4 Å². The molecule has 0 fully saturated rings. The molecular formula is C19H20F4O2. The topological polar surface area (TPSA) is 29.5 Å². The maximum Gasteiger partial charge on any atom is 0.201 e. The predicted molar refractivity (Wildman–Crippen MR) is 87.3 cm³/mol. The van der Waals surface area contributed by atoms with Crippen molar-refractivity contribution in [3.8, 4) is 16.9 Å². The third-order valence-corrected chi connectivity index (χ3v) is 3.93. The second-order valence-electron chi connectivity index (χ2n) is 5.71. The van der Waals surface area contributed by atoms with E-state index < -0.39 is 41.0 Å². The number of benzene rings is 2. The van der Waals surface area contributed by atoms with Crippen LogP contribution in [0.2, 0.25) is 0 Å².